The predicted octanol–water partition coefficient (Wildman–Crippen LogP) is 8.30. The summed E-state index contributed by atoms with van der Waals surface area (Å²) in [6, 6.07) is 21.0. The average molecular weight is 564 g/mol. The second-order valence-corrected chi connectivity index (χ2v) is 16.7. The van der Waals surface area contributed by atoms with Gasteiger partial charge in [-0.2, -0.15) is 0 Å². The number of carbonyl (C=O) groups is 1. The van der Waals surface area contributed by atoms with Gasteiger partial charge in [0.15, 0.2) is 0 Å². The minimum Gasteiger partial charge on any atom is -0.440 e. The van der Waals surface area contributed by atoms with E-state index in [1.165, 1.54) is 81.0 Å². The molecule has 2 aromatic carbocycles. The highest BCUT2D eigenvalue weighted by Gasteiger charge is 2.51. The van der Waals surface area contributed by atoms with Crippen molar-refractivity contribution in [2.24, 2.45) is 0 Å². The Hall–Kier alpha value is -2.37. The van der Waals surface area contributed by atoms with Crippen molar-refractivity contribution in [1.29, 1.82) is 0 Å². The van der Waals surface area contributed by atoms with E-state index in [1.54, 1.807) is 0 Å². The highest BCUT2D eigenvalue weighted by Crippen LogP contribution is 2.37. The van der Waals surface area contributed by atoms with Crippen molar-refractivity contribution >= 4 is 24.8 Å². The van der Waals surface area contributed by atoms with Crippen molar-refractivity contribution < 1.29 is 14.0 Å². The highest BCUT2D eigenvalue weighted by atomic mass is 28.4. The van der Waals surface area contributed by atoms with Gasteiger partial charge in [0.2, 0.25) is 0 Å². The lowest BCUT2D eigenvalue weighted by molar-refractivity contribution is 0.145. The maximum atomic E-state index is 12.2. The van der Waals surface area contributed by atoms with E-state index in [0.717, 1.165) is 6.42 Å². The zero-order valence-corrected chi connectivity index (χ0v) is 26.5. The maximum absolute atomic E-state index is 12.2. The van der Waals surface area contributed by atoms with Gasteiger partial charge in [0.1, 0.15) is 6.10 Å². The second kappa shape index (κ2) is 16.8. The van der Waals surface area contributed by atoms with E-state index in [1.807, 2.05) is 0 Å². The summed E-state index contributed by atoms with van der Waals surface area (Å²) in [6.45, 7) is 9.50. The van der Waals surface area contributed by atoms with Crippen molar-refractivity contribution in [2.45, 2.75) is 122 Å². The topological polar surface area (TPSA) is 47.6 Å². The van der Waals surface area contributed by atoms with Gasteiger partial charge in [0, 0.05) is 0 Å². The van der Waals surface area contributed by atoms with Crippen LogP contribution < -0.4 is 15.7 Å². The van der Waals surface area contributed by atoms with Gasteiger partial charge in [-0.05, 0) is 34.3 Å². The number of carbonyl (C=O) groups excluding carboxylic acids is 1. The molecule has 4 nitrogen and oxygen atoms in total. The van der Waals surface area contributed by atoms with Gasteiger partial charge in [-0.1, -0.05) is 159 Å². The van der Waals surface area contributed by atoms with Gasteiger partial charge >= 0.3 is 6.09 Å². The van der Waals surface area contributed by atoms with Crippen LogP contribution in [0, 0.1) is 0 Å². The van der Waals surface area contributed by atoms with Gasteiger partial charge in [0.25, 0.3) is 8.32 Å². The maximum Gasteiger partial charge on any atom is 0.408 e. The van der Waals surface area contributed by atoms with Crippen molar-refractivity contribution in [3.8, 4) is 0 Å². The minimum atomic E-state index is -2.67. The molecule has 1 aliphatic heterocycles. The Kier molecular flexibility index (Phi) is 13.5. The number of rotatable bonds is 18. The first-order chi connectivity index (χ1) is 19.4. The first-order valence-electron chi connectivity index (χ1n) is 15.8. The van der Waals surface area contributed by atoms with Crippen LogP contribution in [-0.2, 0) is 9.16 Å². The van der Waals surface area contributed by atoms with Crippen LogP contribution in [0.3, 0.4) is 0 Å². The van der Waals surface area contributed by atoms with Crippen molar-refractivity contribution in [1.82, 2.24) is 5.32 Å². The third-order valence-electron chi connectivity index (χ3n) is 8.14. The van der Waals surface area contributed by atoms with Gasteiger partial charge in [-0.3, -0.25) is 0 Å². The first kappa shape index (κ1) is 32.1. The Balaban J connectivity index is 1.53. The molecule has 1 fully saturated rings. The number of hydrogen-bond donors (Lipinski definition) is 1. The van der Waals surface area contributed by atoms with Gasteiger partial charge in [-0.25, -0.2) is 4.79 Å². The number of unbranched alkanes of at least 4 members (excludes halogenated alkanes) is 11. The number of ether oxygens (including phenoxy) is 1. The van der Waals surface area contributed by atoms with Crippen LogP contribution in [0.2, 0.25) is 5.04 Å². The summed E-state index contributed by atoms with van der Waals surface area (Å²) < 4.78 is 12.7. The zero-order chi connectivity index (χ0) is 28.7. The number of allylic oxidation sites excluding steroid dienone is 1. The van der Waals surface area contributed by atoms with E-state index < -0.39 is 8.32 Å². The molecule has 1 saturated heterocycles. The number of amides is 1. The predicted molar refractivity (Wildman–Crippen MR) is 171 cm³/mol. The zero-order valence-electron chi connectivity index (χ0n) is 25.5. The van der Waals surface area contributed by atoms with Crippen LogP contribution in [0.15, 0.2) is 72.8 Å². The molecule has 5 heteroatoms. The van der Waals surface area contributed by atoms with E-state index in [-0.39, 0.29) is 23.3 Å². The van der Waals surface area contributed by atoms with E-state index in [4.69, 9.17) is 9.16 Å². The van der Waals surface area contributed by atoms with Crippen LogP contribution in [0.1, 0.15) is 105 Å². The minimum absolute atomic E-state index is 0.112. The summed E-state index contributed by atoms with van der Waals surface area (Å²) in [5, 5.41) is 5.38. The molecule has 1 N–H and O–H groups in total. The summed E-state index contributed by atoms with van der Waals surface area (Å²) in [5.74, 6) is 0. The number of alkyl carbamates (subject to hydrolysis) is 1. The molecule has 0 aliphatic carbocycles. The van der Waals surface area contributed by atoms with Crippen LogP contribution in [-0.4, -0.2) is 33.2 Å². The lowest BCUT2D eigenvalue weighted by Crippen LogP contribution is -2.67. The standard InChI is InChI=1S/C35H53NO3Si/c1-5-6-7-8-9-10-11-12-13-14-15-16-23-28-33-32(36-34(37)39-33)29-38-40(35(2,3)4,30-24-19-17-20-25-30)31-26-21-18-22-27-31/h17-28,32-33H,5-16,29H2,1-4H3,(H,36,37)/b28-23+/t32-,33+/m0/s1. The van der Waals surface area contributed by atoms with E-state index >= 15 is 0 Å². The first-order valence-corrected chi connectivity index (χ1v) is 17.7. The molecule has 0 saturated carbocycles. The molecule has 1 amide bonds. The Morgan fingerprint density at radius 1 is 0.800 bits per heavy atom. The van der Waals surface area contributed by atoms with E-state index in [0.29, 0.717) is 6.61 Å². The Bertz CT molecular complexity index is 963. The van der Waals surface area contributed by atoms with E-state index in [9.17, 15) is 4.79 Å². The van der Waals surface area contributed by atoms with Gasteiger partial charge < -0.3 is 14.5 Å². The van der Waals surface area contributed by atoms with Crippen molar-refractivity contribution in [3.05, 3.63) is 72.8 Å². The molecule has 0 spiro atoms. The highest BCUT2D eigenvalue weighted by molar-refractivity contribution is 6.99. The lowest BCUT2D eigenvalue weighted by Gasteiger charge is -2.43. The molecular formula is C35H53NO3Si. The fraction of sp³-hybridized carbons (Fsp3) is 0.571. The Morgan fingerprint density at radius 2 is 1.30 bits per heavy atom. The Labute approximate surface area is 245 Å². The summed E-state index contributed by atoms with van der Waals surface area (Å²) >= 11 is 0. The van der Waals surface area contributed by atoms with Gasteiger partial charge in [0.05, 0.1) is 12.6 Å². The molecule has 0 unspecified atom stereocenters. The second-order valence-electron chi connectivity index (χ2n) is 12.3. The molecule has 40 heavy (non-hydrogen) atoms. The fourth-order valence-corrected chi connectivity index (χ4v) is 10.5. The molecule has 3 rings (SSSR count). The molecule has 0 aromatic heterocycles. The van der Waals surface area contributed by atoms with Crippen molar-refractivity contribution in [2.75, 3.05) is 6.61 Å². The van der Waals surface area contributed by atoms with Crippen LogP contribution in [0.25, 0.3) is 0 Å². The SMILES string of the molecule is CCCCCCCCCCCCC/C=C/[C@H]1OC(=O)N[C@H]1CO[Si](c1ccccc1)(c1ccccc1)C(C)(C)C. The third kappa shape index (κ3) is 9.34. The van der Waals surface area contributed by atoms with Gasteiger partial charge in [-0.15, -0.1) is 0 Å². The molecule has 2 aromatic rings. The Morgan fingerprint density at radius 3 is 1.80 bits per heavy atom. The number of hydrogen-bond acceptors (Lipinski definition) is 3. The molecule has 0 bridgehead atoms. The summed E-state index contributed by atoms with van der Waals surface area (Å²) in [6.07, 6.45) is 19.4. The van der Waals surface area contributed by atoms with Crippen molar-refractivity contribution in [3.63, 3.8) is 0 Å². The quantitative estimate of drug-likeness (QED) is 0.113. The fourth-order valence-electron chi connectivity index (χ4n) is 5.92. The largest absolute Gasteiger partial charge is 0.440 e. The third-order valence-corrected chi connectivity index (χ3v) is 13.1. The molecule has 220 valence electrons. The van der Waals surface area contributed by atoms with Crippen LogP contribution in [0.4, 0.5) is 4.79 Å². The van der Waals surface area contributed by atoms with Crippen LogP contribution in [0.5, 0.6) is 0 Å². The lowest BCUT2D eigenvalue weighted by atomic mass is 10.0. The smallest absolute Gasteiger partial charge is 0.408 e. The number of benzene rings is 2. The van der Waals surface area contributed by atoms with E-state index in [2.05, 4.69) is 106 Å². The summed E-state index contributed by atoms with van der Waals surface area (Å²) in [4.78, 5) is 12.2. The normalized spacial score (nSPS) is 17.8. The molecule has 0 radical (unpaired) electrons. The molecule has 2 atom stereocenters. The molecule has 1 aliphatic rings. The number of cyclic esters (lactones) is 1. The molecular weight excluding hydrogens is 510 g/mol. The average Bonchev–Trinajstić information content (AvgIpc) is 3.31. The summed E-state index contributed by atoms with van der Waals surface area (Å²) in [5.41, 5.74) is 0. The molecule has 1 heterocycles. The number of nitrogens with one attached hydrogen (secondary N) is 1. The van der Waals surface area contributed by atoms with Crippen LogP contribution >= 0.6 is 0 Å². The monoisotopic (exact) mass is 563 g/mol. The summed E-state index contributed by atoms with van der Waals surface area (Å²) in [7, 11) is -2.67.